The first-order valence-corrected chi connectivity index (χ1v) is 10.1. The van der Waals surface area contributed by atoms with E-state index >= 15 is 0 Å². The Kier molecular flexibility index (Phi) is 4.94. The van der Waals surface area contributed by atoms with Crippen LogP contribution in [0.1, 0.15) is 28.3 Å². The largest absolute Gasteiger partial charge is 0.465 e. The summed E-state index contributed by atoms with van der Waals surface area (Å²) in [5, 5.41) is -0.174. The second kappa shape index (κ2) is 6.88. The zero-order chi connectivity index (χ0) is 19.1. The molecule has 1 fully saturated rings. The highest BCUT2D eigenvalue weighted by Gasteiger charge is 2.45. The lowest BCUT2D eigenvalue weighted by Crippen LogP contribution is -2.33. The van der Waals surface area contributed by atoms with Crippen LogP contribution in [0.25, 0.3) is 0 Å². The lowest BCUT2D eigenvalue weighted by Gasteiger charge is -2.07. The average Bonchev–Trinajstić information content (AvgIpc) is 3.29. The summed E-state index contributed by atoms with van der Waals surface area (Å²) >= 11 is 3.35. The zero-order valence-corrected chi connectivity index (χ0v) is 16.5. The van der Waals surface area contributed by atoms with E-state index < -0.39 is 21.9 Å². The molecule has 2 atom stereocenters. The number of hydrogen-bond acceptors (Lipinski definition) is 5. The first-order chi connectivity index (χ1) is 12.2. The number of rotatable bonds is 5. The second-order valence-electron chi connectivity index (χ2n) is 6.14. The lowest BCUT2D eigenvalue weighted by atomic mass is 10.1. The second-order valence-corrected chi connectivity index (χ2v) is 8.68. The van der Waals surface area contributed by atoms with E-state index in [1.54, 1.807) is 0 Å². The van der Waals surface area contributed by atoms with E-state index in [0.717, 1.165) is 10.0 Å². The Hall–Kier alpha value is -2.13. The summed E-state index contributed by atoms with van der Waals surface area (Å²) < 4.78 is 33.9. The molecule has 3 rings (SSSR count). The molecule has 1 heterocycles. The topological polar surface area (TPSA) is 94.5 Å². The normalized spacial score (nSPS) is 19.0. The summed E-state index contributed by atoms with van der Waals surface area (Å²) in [5.41, 5.74) is 1.10. The molecule has 0 spiro atoms. The van der Waals surface area contributed by atoms with Crippen molar-refractivity contribution in [3.63, 3.8) is 0 Å². The molecule has 9 heteroatoms. The molecule has 1 aromatic carbocycles. The average molecular weight is 441 g/mol. The van der Waals surface area contributed by atoms with Gasteiger partial charge in [-0.15, -0.1) is 0 Å². The van der Waals surface area contributed by atoms with Crippen molar-refractivity contribution >= 4 is 37.8 Å². The predicted molar refractivity (Wildman–Crippen MR) is 97.1 cm³/mol. The minimum Gasteiger partial charge on any atom is -0.465 e. The number of esters is 1. The Morgan fingerprint density at radius 3 is 2.54 bits per heavy atom. The van der Waals surface area contributed by atoms with Crippen LogP contribution in [0, 0.1) is 5.92 Å². The van der Waals surface area contributed by atoms with E-state index in [0.29, 0.717) is 6.42 Å². The summed E-state index contributed by atoms with van der Waals surface area (Å²) in [4.78, 5) is 23.9. The third-order valence-electron chi connectivity index (χ3n) is 4.32. The van der Waals surface area contributed by atoms with Crippen LogP contribution in [0.15, 0.2) is 46.0 Å². The quantitative estimate of drug-likeness (QED) is 0.718. The smallest absolute Gasteiger partial charge is 0.339 e. The highest BCUT2D eigenvalue weighted by atomic mass is 79.9. The molecule has 0 aliphatic heterocycles. The zero-order valence-electron chi connectivity index (χ0n) is 14.1. The fourth-order valence-electron chi connectivity index (χ4n) is 2.86. The van der Waals surface area contributed by atoms with Crippen molar-refractivity contribution in [3.8, 4) is 0 Å². The molecule has 1 saturated carbocycles. The first-order valence-electron chi connectivity index (χ1n) is 7.79. The van der Waals surface area contributed by atoms with Gasteiger partial charge in [0.15, 0.2) is 5.03 Å². The van der Waals surface area contributed by atoms with Gasteiger partial charge in [-0.1, -0.05) is 28.1 Å². The molecular weight excluding hydrogens is 424 g/mol. The lowest BCUT2D eigenvalue weighted by molar-refractivity contribution is -0.120. The number of hydrogen-bond donors (Lipinski definition) is 1. The van der Waals surface area contributed by atoms with Gasteiger partial charge in [-0.05, 0) is 36.1 Å². The van der Waals surface area contributed by atoms with Gasteiger partial charge in [-0.25, -0.2) is 9.52 Å². The number of amides is 1. The summed E-state index contributed by atoms with van der Waals surface area (Å²) in [6.07, 6.45) is 1.94. The van der Waals surface area contributed by atoms with Crippen molar-refractivity contribution < 1.29 is 22.7 Å². The van der Waals surface area contributed by atoms with E-state index in [-0.39, 0.29) is 22.4 Å². The number of benzene rings is 1. The number of carbonyl (C=O) groups excluding carboxylic acids is 2. The minimum absolute atomic E-state index is 0.0114. The fourth-order valence-corrected chi connectivity index (χ4v) is 4.36. The van der Waals surface area contributed by atoms with Crippen molar-refractivity contribution in [3.05, 3.63) is 52.1 Å². The standard InChI is InChI=1S/C17H17BrN2O5S/c1-20-9-11(17(22)25-2)7-15(20)26(23,24)19-16(21)14-8-13(14)10-3-5-12(18)6-4-10/h3-7,9,13-14H,8H2,1-2H3,(H,19,21)/t13-,14+/m0/s1. The molecule has 7 nitrogen and oxygen atoms in total. The molecule has 0 unspecified atom stereocenters. The van der Waals surface area contributed by atoms with Crippen molar-refractivity contribution in [2.24, 2.45) is 13.0 Å². The van der Waals surface area contributed by atoms with E-state index in [1.807, 2.05) is 24.3 Å². The Bertz CT molecular complexity index is 966. The van der Waals surface area contributed by atoms with Crippen LogP contribution in [0.4, 0.5) is 0 Å². The van der Waals surface area contributed by atoms with Crippen LogP contribution in [0.5, 0.6) is 0 Å². The van der Waals surface area contributed by atoms with Gasteiger partial charge in [0.05, 0.1) is 12.7 Å². The monoisotopic (exact) mass is 440 g/mol. The van der Waals surface area contributed by atoms with Gasteiger partial charge < -0.3 is 9.30 Å². The molecule has 138 valence electrons. The van der Waals surface area contributed by atoms with Gasteiger partial charge in [-0.2, -0.15) is 8.42 Å². The maximum atomic E-state index is 12.5. The highest BCUT2D eigenvalue weighted by molar-refractivity contribution is 9.10. The van der Waals surface area contributed by atoms with E-state index in [1.165, 1.54) is 31.0 Å². The Morgan fingerprint density at radius 1 is 1.27 bits per heavy atom. The van der Waals surface area contributed by atoms with Crippen LogP contribution in [0.3, 0.4) is 0 Å². The third-order valence-corrected chi connectivity index (χ3v) is 6.27. The third kappa shape index (κ3) is 3.68. The summed E-state index contributed by atoms with van der Waals surface area (Å²) in [5.74, 6) is -1.56. The molecule has 26 heavy (non-hydrogen) atoms. The Morgan fingerprint density at radius 2 is 1.92 bits per heavy atom. The number of aryl methyl sites for hydroxylation is 1. The predicted octanol–water partition coefficient (Wildman–Crippen LogP) is 2.18. The van der Waals surface area contributed by atoms with E-state index in [4.69, 9.17) is 0 Å². The van der Waals surface area contributed by atoms with Crippen molar-refractivity contribution in [2.75, 3.05) is 7.11 Å². The molecule has 1 aliphatic carbocycles. The van der Waals surface area contributed by atoms with E-state index in [2.05, 4.69) is 25.4 Å². The Labute approximate surface area is 159 Å². The highest BCUT2D eigenvalue weighted by Crippen LogP contribution is 2.47. The maximum Gasteiger partial charge on any atom is 0.339 e. The summed E-state index contributed by atoms with van der Waals surface area (Å²) in [6, 6.07) is 8.78. The van der Waals surface area contributed by atoms with Gasteiger partial charge in [-0.3, -0.25) is 4.79 Å². The summed E-state index contributed by atoms with van der Waals surface area (Å²) in [6.45, 7) is 0. The van der Waals surface area contributed by atoms with E-state index in [9.17, 15) is 18.0 Å². The van der Waals surface area contributed by atoms with Crippen molar-refractivity contribution in [2.45, 2.75) is 17.4 Å². The molecule has 1 N–H and O–H groups in total. The maximum absolute atomic E-state index is 12.5. The van der Waals surface area contributed by atoms with Crippen LogP contribution in [-0.4, -0.2) is 32.0 Å². The molecule has 0 radical (unpaired) electrons. The molecule has 1 amide bonds. The minimum atomic E-state index is -4.08. The van der Waals surface area contributed by atoms with Gasteiger partial charge in [0.2, 0.25) is 5.91 Å². The van der Waals surface area contributed by atoms with Crippen molar-refractivity contribution in [1.82, 2.24) is 9.29 Å². The van der Waals surface area contributed by atoms with Crippen LogP contribution in [-0.2, 0) is 26.6 Å². The van der Waals surface area contributed by atoms with Gasteiger partial charge in [0, 0.05) is 23.6 Å². The number of nitrogens with one attached hydrogen (secondary N) is 1. The number of ether oxygens (including phenoxy) is 1. The molecule has 1 aliphatic rings. The Balaban J connectivity index is 1.72. The van der Waals surface area contributed by atoms with Gasteiger partial charge >= 0.3 is 5.97 Å². The number of carbonyl (C=O) groups is 2. The number of sulfonamides is 1. The van der Waals surface area contributed by atoms with Gasteiger partial charge in [0.25, 0.3) is 10.0 Å². The van der Waals surface area contributed by atoms with Crippen LogP contribution in [0.2, 0.25) is 0 Å². The molecule has 2 aromatic rings. The van der Waals surface area contributed by atoms with Crippen LogP contribution >= 0.6 is 15.9 Å². The molecule has 0 saturated heterocycles. The number of halogens is 1. The van der Waals surface area contributed by atoms with Crippen molar-refractivity contribution in [1.29, 1.82) is 0 Å². The number of methoxy groups -OCH3 is 1. The summed E-state index contributed by atoms with van der Waals surface area (Å²) in [7, 11) is -1.39. The number of nitrogens with zero attached hydrogens (tertiary/aromatic N) is 1. The fraction of sp³-hybridized carbons (Fsp3) is 0.294. The first kappa shape index (κ1) is 18.7. The molecule has 0 bridgehead atoms. The van der Waals surface area contributed by atoms with Gasteiger partial charge in [0.1, 0.15) is 0 Å². The van der Waals surface area contributed by atoms with Crippen LogP contribution < -0.4 is 4.72 Å². The SMILES string of the molecule is COC(=O)c1cc(S(=O)(=O)NC(=O)[C@@H]2C[C@H]2c2ccc(Br)cc2)n(C)c1. The molecular formula is C17H17BrN2O5S. The number of aromatic nitrogens is 1. The molecule has 1 aromatic heterocycles.